The summed E-state index contributed by atoms with van der Waals surface area (Å²) in [5, 5.41) is 12.8. The van der Waals surface area contributed by atoms with E-state index in [0.717, 1.165) is 24.3 Å². The molecule has 150 valence electrons. The first-order valence-corrected chi connectivity index (χ1v) is 9.20. The van der Waals surface area contributed by atoms with E-state index in [1.807, 2.05) is 25.1 Å². The summed E-state index contributed by atoms with van der Waals surface area (Å²) in [5.41, 5.74) is 2.95. The van der Waals surface area contributed by atoms with Gasteiger partial charge in [0.25, 0.3) is 0 Å². The molecule has 1 amide bonds. The topological polar surface area (TPSA) is 92.5 Å². The van der Waals surface area contributed by atoms with Crippen molar-refractivity contribution in [3.63, 3.8) is 0 Å². The highest BCUT2D eigenvalue weighted by Crippen LogP contribution is 2.25. The molecule has 1 aliphatic heterocycles. The summed E-state index contributed by atoms with van der Waals surface area (Å²) < 4.78 is 24.4. The number of carbonyl (C=O) groups is 1. The average Bonchev–Trinajstić information content (AvgIpc) is 3.19. The van der Waals surface area contributed by atoms with Crippen LogP contribution in [0.25, 0.3) is 0 Å². The second-order valence-electron chi connectivity index (χ2n) is 6.57. The van der Waals surface area contributed by atoms with E-state index in [2.05, 4.69) is 25.7 Å². The van der Waals surface area contributed by atoms with Crippen molar-refractivity contribution < 1.29 is 18.3 Å². The molecule has 1 fully saturated rings. The zero-order valence-corrected chi connectivity index (χ0v) is 15.8. The van der Waals surface area contributed by atoms with Gasteiger partial charge in [-0.3, -0.25) is 4.79 Å². The molecule has 0 saturated carbocycles. The molecular weight excluding hydrogens is 377 g/mol. The third-order valence-corrected chi connectivity index (χ3v) is 4.54. The quantitative estimate of drug-likeness (QED) is 0.682. The Labute approximate surface area is 166 Å². The first-order chi connectivity index (χ1) is 14.1. The molecule has 29 heavy (non-hydrogen) atoms. The number of amides is 1. The highest BCUT2D eigenvalue weighted by atomic mass is 19.1. The first kappa shape index (κ1) is 18.9. The Morgan fingerprint density at radius 3 is 2.69 bits per heavy atom. The van der Waals surface area contributed by atoms with Crippen LogP contribution in [-0.2, 0) is 4.74 Å². The number of anilines is 4. The van der Waals surface area contributed by atoms with E-state index in [1.165, 1.54) is 12.1 Å². The largest absolute Gasteiger partial charge is 0.399 e. The molecular formula is C20H20FN5O3. The third-order valence-electron chi connectivity index (χ3n) is 4.54. The van der Waals surface area contributed by atoms with Gasteiger partial charge >= 0.3 is 17.8 Å². The maximum Gasteiger partial charge on any atom is 0.320 e. The van der Waals surface area contributed by atoms with Crippen LogP contribution in [0.2, 0.25) is 0 Å². The summed E-state index contributed by atoms with van der Waals surface area (Å²) in [6.45, 7) is 5.08. The van der Waals surface area contributed by atoms with Gasteiger partial charge in [0.15, 0.2) is 0 Å². The van der Waals surface area contributed by atoms with Crippen LogP contribution in [-0.4, -0.2) is 42.4 Å². The van der Waals surface area contributed by atoms with E-state index in [4.69, 9.17) is 9.15 Å². The van der Waals surface area contributed by atoms with Gasteiger partial charge in [-0.15, -0.1) is 5.10 Å². The smallest absolute Gasteiger partial charge is 0.320 e. The number of hydrogen-bond acceptors (Lipinski definition) is 7. The molecule has 4 rings (SSSR count). The summed E-state index contributed by atoms with van der Waals surface area (Å²) in [4.78, 5) is 14.7. The monoisotopic (exact) mass is 397 g/mol. The molecule has 0 atom stereocenters. The lowest BCUT2D eigenvalue weighted by Gasteiger charge is -2.30. The molecule has 1 saturated heterocycles. The first-order valence-electron chi connectivity index (χ1n) is 9.20. The molecule has 9 heteroatoms. The van der Waals surface area contributed by atoms with Crippen LogP contribution < -0.4 is 15.5 Å². The number of rotatable bonds is 5. The van der Waals surface area contributed by atoms with Crippen LogP contribution in [0.4, 0.5) is 27.5 Å². The third kappa shape index (κ3) is 4.35. The van der Waals surface area contributed by atoms with E-state index in [0.29, 0.717) is 18.9 Å². The maximum atomic E-state index is 13.7. The fraction of sp³-hybridized carbons (Fsp3) is 0.250. The average molecular weight is 397 g/mol. The van der Waals surface area contributed by atoms with Gasteiger partial charge < -0.3 is 24.7 Å². The molecule has 0 aliphatic carbocycles. The Morgan fingerprint density at radius 1 is 1.14 bits per heavy atom. The number of para-hydroxylation sites is 1. The molecule has 8 nitrogen and oxygen atoms in total. The Hall–Kier alpha value is -3.46. The molecule has 1 aromatic heterocycles. The highest BCUT2D eigenvalue weighted by Gasteiger charge is 2.17. The van der Waals surface area contributed by atoms with Crippen molar-refractivity contribution in [2.75, 3.05) is 41.8 Å². The zero-order chi connectivity index (χ0) is 20.2. The van der Waals surface area contributed by atoms with Crippen molar-refractivity contribution in [1.29, 1.82) is 0 Å². The van der Waals surface area contributed by atoms with Gasteiger partial charge in [-0.05, 0) is 42.8 Å². The van der Waals surface area contributed by atoms with Crippen LogP contribution in [0, 0.1) is 12.7 Å². The minimum Gasteiger partial charge on any atom is -0.399 e. The van der Waals surface area contributed by atoms with Crippen LogP contribution in [0.15, 0.2) is 46.9 Å². The van der Waals surface area contributed by atoms with Crippen molar-refractivity contribution >= 4 is 29.0 Å². The fourth-order valence-corrected chi connectivity index (χ4v) is 3.12. The number of aromatic nitrogens is 2. The van der Waals surface area contributed by atoms with Crippen LogP contribution in [0.3, 0.4) is 0 Å². The SMILES string of the molecule is Cc1cc(NC(=O)c2nnc(Nc3ccccc3F)o2)ccc1N1CCOCC1. The standard InChI is InChI=1S/C20H20FN5O3/c1-13-12-14(6-7-17(13)26-8-10-28-11-9-26)22-18(27)19-24-25-20(29-19)23-16-5-3-2-4-15(16)21/h2-7,12H,8-11H2,1H3,(H,22,27)(H,23,25). The van der Waals surface area contributed by atoms with E-state index in [9.17, 15) is 9.18 Å². The predicted molar refractivity (Wildman–Crippen MR) is 106 cm³/mol. The molecule has 0 radical (unpaired) electrons. The van der Waals surface area contributed by atoms with Crippen molar-refractivity contribution in [1.82, 2.24) is 10.2 Å². The lowest BCUT2D eigenvalue weighted by molar-refractivity contribution is 0.0991. The molecule has 1 aliphatic rings. The fourth-order valence-electron chi connectivity index (χ4n) is 3.12. The number of ether oxygens (including phenoxy) is 1. The number of nitrogens with zero attached hydrogens (tertiary/aromatic N) is 3. The maximum absolute atomic E-state index is 13.7. The van der Waals surface area contributed by atoms with Gasteiger partial charge in [-0.1, -0.05) is 17.2 Å². The predicted octanol–water partition coefficient (Wildman–Crippen LogP) is 3.35. The molecule has 2 aromatic carbocycles. The molecule has 3 aromatic rings. The minimum atomic E-state index is -0.544. The normalized spacial score (nSPS) is 13.9. The number of benzene rings is 2. The highest BCUT2D eigenvalue weighted by molar-refractivity contribution is 6.01. The molecule has 2 N–H and O–H groups in total. The number of nitrogens with one attached hydrogen (secondary N) is 2. The Balaban J connectivity index is 1.42. The van der Waals surface area contributed by atoms with Gasteiger partial charge in [0, 0.05) is 24.5 Å². The number of carbonyl (C=O) groups excluding carboxylic acids is 1. The minimum absolute atomic E-state index is 0.0703. The van der Waals surface area contributed by atoms with E-state index in [1.54, 1.807) is 12.1 Å². The number of morpholine rings is 1. The molecule has 0 bridgehead atoms. The summed E-state index contributed by atoms with van der Waals surface area (Å²) in [6.07, 6.45) is 0. The summed E-state index contributed by atoms with van der Waals surface area (Å²) in [7, 11) is 0. The van der Waals surface area contributed by atoms with E-state index in [-0.39, 0.29) is 17.6 Å². The second kappa shape index (κ2) is 8.27. The van der Waals surface area contributed by atoms with Crippen molar-refractivity contribution in [2.24, 2.45) is 0 Å². The second-order valence-corrected chi connectivity index (χ2v) is 6.57. The lowest BCUT2D eigenvalue weighted by atomic mass is 10.1. The van der Waals surface area contributed by atoms with Crippen molar-refractivity contribution in [2.45, 2.75) is 6.92 Å². The van der Waals surface area contributed by atoms with Crippen molar-refractivity contribution in [3.8, 4) is 0 Å². The van der Waals surface area contributed by atoms with Gasteiger partial charge in [-0.2, -0.15) is 0 Å². The van der Waals surface area contributed by atoms with Gasteiger partial charge in [-0.25, -0.2) is 4.39 Å². The molecule has 0 unspecified atom stereocenters. The Bertz CT molecular complexity index is 1020. The van der Waals surface area contributed by atoms with E-state index >= 15 is 0 Å². The van der Waals surface area contributed by atoms with Crippen LogP contribution in [0.1, 0.15) is 16.2 Å². The zero-order valence-electron chi connectivity index (χ0n) is 15.8. The Kier molecular flexibility index (Phi) is 5.39. The summed E-state index contributed by atoms with van der Waals surface area (Å²) in [5.74, 6) is -1.23. The number of halogens is 1. The Morgan fingerprint density at radius 2 is 1.93 bits per heavy atom. The lowest BCUT2D eigenvalue weighted by Crippen LogP contribution is -2.36. The summed E-state index contributed by atoms with van der Waals surface area (Å²) in [6, 6.07) is 11.7. The van der Waals surface area contributed by atoms with Crippen LogP contribution >= 0.6 is 0 Å². The molecule has 2 heterocycles. The van der Waals surface area contributed by atoms with Crippen LogP contribution in [0.5, 0.6) is 0 Å². The summed E-state index contributed by atoms with van der Waals surface area (Å²) >= 11 is 0. The number of hydrogen-bond donors (Lipinski definition) is 2. The number of aryl methyl sites for hydroxylation is 1. The van der Waals surface area contributed by atoms with E-state index < -0.39 is 11.7 Å². The van der Waals surface area contributed by atoms with Gasteiger partial charge in [0.05, 0.1) is 18.9 Å². The van der Waals surface area contributed by atoms with Crippen molar-refractivity contribution in [3.05, 3.63) is 59.7 Å². The van der Waals surface area contributed by atoms with Gasteiger partial charge in [0.1, 0.15) is 5.82 Å². The molecule has 0 spiro atoms. The van der Waals surface area contributed by atoms with Gasteiger partial charge in [0.2, 0.25) is 0 Å².